The second-order valence-electron chi connectivity index (χ2n) is 9.34. The highest BCUT2D eigenvalue weighted by atomic mass is 32.1. The molecule has 6 rings (SSSR count). The minimum absolute atomic E-state index is 0.160. The molecule has 3 aliphatic rings. The van der Waals surface area contributed by atoms with Crippen LogP contribution in [0.5, 0.6) is 0 Å². The number of benzene rings is 1. The summed E-state index contributed by atoms with van der Waals surface area (Å²) in [6.45, 7) is 8.00. The molecule has 7 nitrogen and oxygen atoms in total. The highest BCUT2D eigenvalue weighted by Crippen LogP contribution is 2.40. The molecule has 3 aromatic rings. The number of nitrogens with zero attached hydrogens (tertiary/aromatic N) is 4. The number of anilines is 1. The van der Waals surface area contributed by atoms with Crippen molar-refractivity contribution in [1.82, 2.24) is 18.7 Å². The Bertz CT molecular complexity index is 1280. The highest BCUT2D eigenvalue weighted by molar-refractivity contribution is 7.12. The van der Waals surface area contributed by atoms with Gasteiger partial charge in [-0.2, -0.15) is 0 Å². The number of hydrogen-bond acceptors (Lipinski definition) is 6. The molecule has 0 unspecified atom stereocenters. The molecule has 0 radical (unpaired) electrons. The van der Waals surface area contributed by atoms with Crippen LogP contribution in [0.1, 0.15) is 31.7 Å². The van der Waals surface area contributed by atoms with E-state index in [9.17, 15) is 9.59 Å². The molecule has 0 bridgehead atoms. The summed E-state index contributed by atoms with van der Waals surface area (Å²) in [5.74, 6) is -0.381. The van der Waals surface area contributed by atoms with E-state index in [1.54, 1.807) is 0 Å². The fourth-order valence-corrected chi connectivity index (χ4v) is 6.20. The van der Waals surface area contributed by atoms with Gasteiger partial charge < -0.3 is 14.4 Å². The number of hydrogen-bond donors (Lipinski definition) is 1. The first kappa shape index (κ1) is 20.4. The van der Waals surface area contributed by atoms with Gasteiger partial charge in [0.1, 0.15) is 16.0 Å². The molecular weight excluding hydrogens is 429 g/mol. The Balaban J connectivity index is 1.30. The Morgan fingerprint density at radius 1 is 0.969 bits per heavy atom. The third-order valence-electron chi connectivity index (χ3n) is 7.25. The number of likely N-dealkylation sites (tertiary alicyclic amines) is 1. The average molecular weight is 458 g/mol. The van der Waals surface area contributed by atoms with Gasteiger partial charge in [0.25, 0.3) is 5.56 Å². The second kappa shape index (κ2) is 7.97. The molecule has 2 saturated heterocycles. The fraction of sp³-hybridized carbons (Fsp3) is 0.565. The average Bonchev–Trinajstić information content (AvgIpc) is 3.35. The minimum atomic E-state index is -0.381. The number of aromatic nitrogens is 2. The van der Waals surface area contributed by atoms with Crippen LogP contribution in [0, 0.1) is 5.82 Å². The van der Waals surface area contributed by atoms with E-state index in [4.69, 9.17) is 0 Å². The topological polar surface area (TPSA) is 64.6 Å². The molecule has 32 heavy (non-hydrogen) atoms. The Labute approximate surface area is 189 Å². The number of halogens is 1. The first-order valence-electron chi connectivity index (χ1n) is 11.7. The van der Waals surface area contributed by atoms with Crippen molar-refractivity contribution < 1.29 is 4.39 Å². The van der Waals surface area contributed by atoms with E-state index in [-0.39, 0.29) is 28.2 Å². The lowest BCUT2D eigenvalue weighted by atomic mass is 10.1. The summed E-state index contributed by atoms with van der Waals surface area (Å²) in [7, 11) is 0. The van der Waals surface area contributed by atoms with Crippen molar-refractivity contribution in [3.63, 3.8) is 0 Å². The van der Waals surface area contributed by atoms with Crippen molar-refractivity contribution in [3.05, 3.63) is 38.5 Å². The molecular formula is C23H28FN5O2S. The maximum absolute atomic E-state index is 15.2. The number of nitrogens with one attached hydrogen (secondary N) is 1. The van der Waals surface area contributed by atoms with Crippen LogP contribution in [-0.2, 0) is 0 Å². The molecule has 2 aromatic heterocycles. The van der Waals surface area contributed by atoms with Crippen LogP contribution in [0.15, 0.2) is 21.7 Å². The van der Waals surface area contributed by atoms with Crippen LogP contribution >= 0.6 is 11.5 Å². The summed E-state index contributed by atoms with van der Waals surface area (Å²) in [4.78, 5) is 33.0. The number of aromatic amines is 1. The van der Waals surface area contributed by atoms with E-state index in [0.29, 0.717) is 15.9 Å². The molecule has 0 amide bonds. The van der Waals surface area contributed by atoms with Gasteiger partial charge in [-0.3, -0.25) is 18.9 Å². The fourth-order valence-electron chi connectivity index (χ4n) is 5.28. The molecule has 3 fully saturated rings. The van der Waals surface area contributed by atoms with E-state index in [2.05, 4.69) is 23.6 Å². The maximum Gasteiger partial charge on any atom is 0.271 e. The Morgan fingerprint density at radius 2 is 1.66 bits per heavy atom. The Kier molecular flexibility index (Phi) is 5.07. The van der Waals surface area contributed by atoms with Gasteiger partial charge in [-0.1, -0.05) is 0 Å². The predicted octanol–water partition coefficient (Wildman–Crippen LogP) is 2.60. The first-order valence-corrected chi connectivity index (χ1v) is 12.5. The van der Waals surface area contributed by atoms with Crippen LogP contribution in [0.25, 0.3) is 21.1 Å². The van der Waals surface area contributed by atoms with Crippen LogP contribution in [0.3, 0.4) is 0 Å². The van der Waals surface area contributed by atoms with Crippen molar-refractivity contribution in [2.75, 3.05) is 57.3 Å². The molecule has 4 heterocycles. The lowest BCUT2D eigenvalue weighted by molar-refractivity contribution is 0.215. The van der Waals surface area contributed by atoms with Gasteiger partial charge in [0.15, 0.2) is 0 Å². The maximum atomic E-state index is 15.2. The number of piperazine rings is 1. The molecule has 0 atom stereocenters. The van der Waals surface area contributed by atoms with Crippen LogP contribution < -0.4 is 15.9 Å². The summed E-state index contributed by atoms with van der Waals surface area (Å²) in [5.41, 5.74) is 0.563. The van der Waals surface area contributed by atoms with E-state index in [1.807, 2.05) is 6.07 Å². The summed E-state index contributed by atoms with van der Waals surface area (Å²) in [6, 6.07) is 3.46. The second-order valence-corrected chi connectivity index (χ2v) is 10.1. The minimum Gasteiger partial charge on any atom is -0.367 e. The number of pyridine rings is 1. The lowest BCUT2D eigenvalue weighted by Crippen LogP contribution is -2.48. The summed E-state index contributed by atoms with van der Waals surface area (Å²) >= 11 is 1.21. The van der Waals surface area contributed by atoms with Crippen molar-refractivity contribution in [2.24, 2.45) is 0 Å². The highest BCUT2D eigenvalue weighted by Gasteiger charge is 2.30. The largest absolute Gasteiger partial charge is 0.367 e. The normalized spacial score (nSPS) is 20.7. The monoisotopic (exact) mass is 457 g/mol. The number of H-pyrrole nitrogens is 1. The smallest absolute Gasteiger partial charge is 0.271 e. The number of rotatable bonds is 5. The molecule has 1 aromatic carbocycles. The van der Waals surface area contributed by atoms with E-state index >= 15 is 4.39 Å². The molecule has 0 spiro atoms. The number of fused-ring (bicyclic) bond motifs is 2. The van der Waals surface area contributed by atoms with Crippen molar-refractivity contribution in [1.29, 1.82) is 0 Å². The van der Waals surface area contributed by atoms with Crippen LogP contribution in [0.2, 0.25) is 0 Å². The van der Waals surface area contributed by atoms with E-state index in [0.717, 1.165) is 57.6 Å². The lowest BCUT2D eigenvalue weighted by Gasteiger charge is -2.37. The quantitative estimate of drug-likeness (QED) is 0.638. The van der Waals surface area contributed by atoms with Crippen molar-refractivity contribution in [2.45, 2.75) is 31.7 Å². The molecule has 170 valence electrons. The van der Waals surface area contributed by atoms with Gasteiger partial charge >= 0.3 is 0 Å². The molecule has 1 N–H and O–H groups in total. The van der Waals surface area contributed by atoms with Gasteiger partial charge in [0, 0.05) is 50.7 Å². The third kappa shape index (κ3) is 3.47. The van der Waals surface area contributed by atoms with Crippen molar-refractivity contribution >= 4 is 38.3 Å². The third-order valence-corrected chi connectivity index (χ3v) is 8.13. The van der Waals surface area contributed by atoms with Gasteiger partial charge in [0.2, 0.25) is 5.43 Å². The standard InChI is InChI=1S/C23H28FN5O2S/c24-17-13-16-18(29(15-3-4-15)23-20(21(16)30)22(31)25-32-23)14-19(17)28-11-9-27(10-12-28)8-7-26-5-1-2-6-26/h13-15H,1-12H2,(H,25,31). The zero-order chi connectivity index (χ0) is 21.8. The summed E-state index contributed by atoms with van der Waals surface area (Å²) in [6.07, 6.45) is 4.66. The van der Waals surface area contributed by atoms with Crippen LogP contribution in [-0.4, -0.2) is 71.1 Å². The van der Waals surface area contributed by atoms with E-state index in [1.165, 1.54) is 43.5 Å². The molecule has 9 heteroatoms. The predicted molar refractivity (Wildman–Crippen MR) is 127 cm³/mol. The molecule has 1 aliphatic carbocycles. The molecule has 1 saturated carbocycles. The van der Waals surface area contributed by atoms with Gasteiger partial charge in [0.05, 0.1) is 11.2 Å². The van der Waals surface area contributed by atoms with Gasteiger partial charge in [-0.05, 0) is 62.4 Å². The zero-order valence-corrected chi connectivity index (χ0v) is 18.9. The first-order chi connectivity index (χ1) is 15.6. The SMILES string of the molecule is O=c1[nH]sc2c1c(=O)c1cc(F)c(N3CCN(CCN4CCCC4)CC3)cc1n2C1CC1. The summed E-state index contributed by atoms with van der Waals surface area (Å²) < 4.78 is 20.0. The molecule has 2 aliphatic heterocycles. The summed E-state index contributed by atoms with van der Waals surface area (Å²) in [5, 5.41) is 0.465. The Hall–Kier alpha value is -2.23. The van der Waals surface area contributed by atoms with Crippen molar-refractivity contribution in [3.8, 4) is 0 Å². The Morgan fingerprint density at radius 3 is 2.34 bits per heavy atom. The zero-order valence-electron chi connectivity index (χ0n) is 18.1. The van der Waals surface area contributed by atoms with Crippen LogP contribution in [0.4, 0.5) is 10.1 Å². The van der Waals surface area contributed by atoms with E-state index < -0.39 is 0 Å². The van der Waals surface area contributed by atoms with Gasteiger partial charge in [-0.25, -0.2) is 4.39 Å². The van der Waals surface area contributed by atoms with Gasteiger partial charge in [-0.15, -0.1) is 0 Å².